The van der Waals surface area contributed by atoms with Gasteiger partial charge in [0.25, 0.3) is 5.91 Å². The number of aliphatic imine (C=N–C) groups is 1. The van der Waals surface area contributed by atoms with Gasteiger partial charge < -0.3 is 15.3 Å². The van der Waals surface area contributed by atoms with Crippen molar-refractivity contribution in [1.29, 1.82) is 0 Å². The second kappa shape index (κ2) is 8.36. The van der Waals surface area contributed by atoms with Crippen LogP contribution in [0.2, 0.25) is 0 Å². The molecule has 0 aliphatic carbocycles. The quantitative estimate of drug-likeness (QED) is 0.606. The monoisotopic (exact) mass is 441 g/mol. The fourth-order valence-electron chi connectivity index (χ4n) is 4.06. The first-order chi connectivity index (χ1) is 16.0. The molecular formula is C25H20FN5O2. The highest BCUT2D eigenvalue weighted by Gasteiger charge is 2.28. The zero-order valence-corrected chi connectivity index (χ0v) is 17.8. The van der Waals surface area contributed by atoms with Crippen molar-refractivity contribution in [3.8, 4) is 17.1 Å². The Labute approximate surface area is 189 Å². The van der Waals surface area contributed by atoms with E-state index >= 15 is 0 Å². The van der Waals surface area contributed by atoms with E-state index in [0.717, 1.165) is 17.4 Å². The first kappa shape index (κ1) is 20.6. The van der Waals surface area contributed by atoms with E-state index in [9.17, 15) is 14.3 Å². The van der Waals surface area contributed by atoms with Crippen LogP contribution in [0.15, 0.2) is 65.0 Å². The summed E-state index contributed by atoms with van der Waals surface area (Å²) in [6, 6.07) is 9.85. The summed E-state index contributed by atoms with van der Waals surface area (Å²) in [6.07, 6.45) is 3.81. The second-order valence-electron chi connectivity index (χ2n) is 8.03. The molecule has 2 aliphatic rings. The fraction of sp³-hybridized carbons (Fsp3) is 0.200. The summed E-state index contributed by atoms with van der Waals surface area (Å²) in [5, 5.41) is 14.1. The number of aromatic nitrogens is 2. The number of phenolic OH excluding ortho intramolecular Hbond substituents is 1. The van der Waals surface area contributed by atoms with Crippen LogP contribution in [0.1, 0.15) is 12.0 Å². The molecule has 3 heterocycles. The number of hydrogen-bond donors (Lipinski definition) is 2. The standard InChI is InChI=1S/C25H20FN5O2/c1-15-5-6-18-20(13-15)29-23(22-19(26)3-2-4-21(22)32)30-24(18)31-12-9-17(14-31)28-25(33)16-7-10-27-11-8-16/h2-7,10,13,17,32H,9,12,14H2,1H3,(H,28,33)/t17-/m1/s1. The van der Waals surface area contributed by atoms with Crippen LogP contribution in [-0.2, 0) is 4.79 Å². The van der Waals surface area contributed by atoms with E-state index < -0.39 is 5.82 Å². The SMILES string of the molecule is Cc1ccc2c(N3CC[C@@H](NC(=O)C4=C=C=NC=C4)C3)nc(-c3c(O)cccc3F)nc2c1. The van der Waals surface area contributed by atoms with Gasteiger partial charge in [-0.15, -0.1) is 0 Å². The van der Waals surface area contributed by atoms with Gasteiger partial charge in [0.05, 0.1) is 16.7 Å². The number of rotatable bonds is 4. The molecule has 1 fully saturated rings. The van der Waals surface area contributed by atoms with Gasteiger partial charge in [0.1, 0.15) is 17.4 Å². The number of benzene rings is 2. The number of carbonyl (C=O) groups is 1. The number of fused-ring (bicyclic) bond motifs is 1. The maximum absolute atomic E-state index is 14.6. The van der Waals surface area contributed by atoms with Crippen molar-refractivity contribution >= 4 is 28.5 Å². The van der Waals surface area contributed by atoms with Crippen LogP contribution >= 0.6 is 0 Å². The van der Waals surface area contributed by atoms with Gasteiger partial charge in [-0.3, -0.25) is 4.79 Å². The smallest absolute Gasteiger partial charge is 0.260 e. The van der Waals surface area contributed by atoms with Crippen molar-refractivity contribution in [2.75, 3.05) is 18.0 Å². The first-order valence-electron chi connectivity index (χ1n) is 10.6. The van der Waals surface area contributed by atoms with Crippen LogP contribution in [0.5, 0.6) is 5.75 Å². The van der Waals surface area contributed by atoms with Gasteiger partial charge in [-0.1, -0.05) is 12.1 Å². The van der Waals surface area contributed by atoms with Gasteiger partial charge in [0.15, 0.2) is 5.82 Å². The number of nitrogens with one attached hydrogen (secondary N) is 1. The lowest BCUT2D eigenvalue weighted by Crippen LogP contribution is -2.37. The highest BCUT2D eigenvalue weighted by Crippen LogP contribution is 2.34. The maximum atomic E-state index is 14.6. The number of halogens is 1. The number of aromatic hydroxyl groups is 1. The van der Waals surface area contributed by atoms with E-state index in [1.807, 2.05) is 30.0 Å². The van der Waals surface area contributed by atoms with Gasteiger partial charge in [-0.05, 0) is 55.0 Å². The molecule has 1 saturated heterocycles. The normalized spacial score (nSPS) is 17.0. The van der Waals surface area contributed by atoms with Crippen molar-refractivity contribution in [1.82, 2.24) is 15.3 Å². The topological polar surface area (TPSA) is 90.7 Å². The lowest BCUT2D eigenvalue weighted by molar-refractivity contribution is -0.117. The minimum absolute atomic E-state index is 0.0318. The van der Waals surface area contributed by atoms with Crippen molar-refractivity contribution < 1.29 is 14.3 Å². The molecule has 0 unspecified atom stereocenters. The average molecular weight is 441 g/mol. The zero-order valence-electron chi connectivity index (χ0n) is 17.8. The van der Waals surface area contributed by atoms with Gasteiger partial charge in [0, 0.05) is 36.6 Å². The number of hydrogen-bond acceptors (Lipinski definition) is 6. The molecule has 0 radical (unpaired) electrons. The van der Waals surface area contributed by atoms with Crippen molar-refractivity contribution in [2.24, 2.45) is 4.99 Å². The van der Waals surface area contributed by atoms with Crippen LogP contribution in [0, 0.1) is 12.7 Å². The van der Waals surface area contributed by atoms with Crippen molar-refractivity contribution in [3.63, 3.8) is 0 Å². The van der Waals surface area contributed by atoms with E-state index in [1.54, 1.807) is 6.08 Å². The first-order valence-corrected chi connectivity index (χ1v) is 10.6. The number of phenols is 1. The largest absolute Gasteiger partial charge is 0.507 e. The summed E-state index contributed by atoms with van der Waals surface area (Å²) < 4.78 is 14.6. The molecule has 2 aliphatic heterocycles. The number of nitrogens with zero attached hydrogens (tertiary/aromatic N) is 4. The Morgan fingerprint density at radius 1 is 1.27 bits per heavy atom. The third-order valence-electron chi connectivity index (χ3n) is 5.69. The molecule has 1 amide bonds. The highest BCUT2D eigenvalue weighted by atomic mass is 19.1. The van der Waals surface area contributed by atoms with Crippen LogP contribution in [0.25, 0.3) is 22.3 Å². The summed E-state index contributed by atoms with van der Waals surface area (Å²) in [5.41, 5.74) is 4.72. The molecule has 0 saturated carbocycles. The molecule has 2 aromatic carbocycles. The molecule has 5 rings (SSSR count). The maximum Gasteiger partial charge on any atom is 0.260 e. The van der Waals surface area contributed by atoms with Crippen LogP contribution < -0.4 is 10.2 Å². The van der Waals surface area contributed by atoms with Crippen molar-refractivity contribution in [2.45, 2.75) is 19.4 Å². The lowest BCUT2D eigenvalue weighted by Gasteiger charge is -2.21. The zero-order chi connectivity index (χ0) is 22.9. The van der Waals surface area contributed by atoms with E-state index in [4.69, 9.17) is 0 Å². The van der Waals surface area contributed by atoms with Gasteiger partial charge in [0.2, 0.25) is 0 Å². The third-order valence-corrected chi connectivity index (χ3v) is 5.69. The van der Waals surface area contributed by atoms with Gasteiger partial charge in [-0.25, -0.2) is 19.4 Å². The number of carbonyl (C=O) groups excluding carboxylic acids is 1. The molecule has 1 atom stereocenters. The molecular weight excluding hydrogens is 421 g/mol. The van der Waals surface area contributed by atoms with Crippen molar-refractivity contribution in [3.05, 3.63) is 71.4 Å². The Balaban J connectivity index is 1.50. The van der Waals surface area contributed by atoms with E-state index in [-0.39, 0.29) is 29.1 Å². The summed E-state index contributed by atoms with van der Waals surface area (Å²) in [6.45, 7) is 3.14. The van der Waals surface area contributed by atoms with Crippen LogP contribution in [0.3, 0.4) is 0 Å². The van der Waals surface area contributed by atoms with E-state index in [2.05, 4.69) is 31.9 Å². The molecule has 33 heavy (non-hydrogen) atoms. The number of anilines is 1. The molecule has 1 aromatic heterocycles. The molecule has 164 valence electrons. The summed E-state index contributed by atoms with van der Waals surface area (Å²) in [5.74, 6) is 2.25. The Morgan fingerprint density at radius 2 is 2.15 bits per heavy atom. The van der Waals surface area contributed by atoms with E-state index in [1.165, 1.54) is 24.4 Å². The Kier molecular flexibility index (Phi) is 5.23. The summed E-state index contributed by atoms with van der Waals surface area (Å²) >= 11 is 0. The Morgan fingerprint density at radius 3 is 2.94 bits per heavy atom. The van der Waals surface area contributed by atoms with Gasteiger partial charge in [-0.2, -0.15) is 0 Å². The molecule has 3 aromatic rings. The van der Waals surface area contributed by atoms with Gasteiger partial charge >= 0.3 is 0 Å². The molecule has 2 N–H and O–H groups in total. The predicted molar refractivity (Wildman–Crippen MR) is 124 cm³/mol. The second-order valence-corrected chi connectivity index (χ2v) is 8.03. The summed E-state index contributed by atoms with van der Waals surface area (Å²) in [7, 11) is 0. The molecule has 0 bridgehead atoms. The highest BCUT2D eigenvalue weighted by molar-refractivity contribution is 5.98. The Bertz CT molecular complexity index is 1400. The Hall–Kier alpha value is -4.25. The molecule has 7 nitrogen and oxygen atoms in total. The fourth-order valence-corrected chi connectivity index (χ4v) is 4.06. The predicted octanol–water partition coefficient (Wildman–Crippen LogP) is 3.42. The third kappa shape index (κ3) is 4.01. The average Bonchev–Trinajstić information content (AvgIpc) is 3.27. The molecule has 0 spiro atoms. The number of amides is 1. The minimum Gasteiger partial charge on any atom is -0.507 e. The lowest BCUT2D eigenvalue weighted by atomic mass is 10.1. The van der Waals surface area contributed by atoms with Crippen LogP contribution in [0.4, 0.5) is 10.2 Å². The number of aryl methyl sites for hydroxylation is 1. The van der Waals surface area contributed by atoms with Crippen LogP contribution in [-0.4, -0.2) is 46.0 Å². The minimum atomic E-state index is -0.593. The van der Waals surface area contributed by atoms with E-state index in [0.29, 0.717) is 30.0 Å². The molecule has 8 heteroatoms. The summed E-state index contributed by atoms with van der Waals surface area (Å²) in [4.78, 5) is 27.5.